The van der Waals surface area contributed by atoms with Crippen LogP contribution in [0.2, 0.25) is 0 Å². The summed E-state index contributed by atoms with van der Waals surface area (Å²) < 4.78 is 27.6. The van der Waals surface area contributed by atoms with E-state index in [1.807, 2.05) is 6.92 Å². The summed E-state index contributed by atoms with van der Waals surface area (Å²) in [5, 5.41) is 0. The van der Waals surface area contributed by atoms with Crippen LogP contribution in [0.25, 0.3) is 0 Å². The Kier molecular flexibility index (Phi) is 3.39. The predicted octanol–water partition coefficient (Wildman–Crippen LogP) is 3.02. The van der Waals surface area contributed by atoms with Gasteiger partial charge in [0.05, 0.1) is 6.04 Å². The van der Waals surface area contributed by atoms with Crippen molar-refractivity contribution in [1.82, 2.24) is 4.98 Å². The fourth-order valence-corrected chi connectivity index (χ4v) is 1.79. The van der Waals surface area contributed by atoms with Crippen molar-refractivity contribution in [3.8, 4) is 0 Å². The van der Waals surface area contributed by atoms with E-state index in [2.05, 4.69) is 4.98 Å². The van der Waals surface area contributed by atoms with E-state index in [0.717, 1.165) is 5.69 Å². The van der Waals surface area contributed by atoms with Crippen LogP contribution in [0.1, 0.15) is 28.4 Å². The maximum Gasteiger partial charge on any atom is 0.134 e. The Hall–Kier alpha value is -1.81. The largest absolute Gasteiger partial charge is 0.320 e. The van der Waals surface area contributed by atoms with Gasteiger partial charge in [0.15, 0.2) is 0 Å². The first-order chi connectivity index (χ1) is 8.50. The molecular formula is C14H14F2N2. The average molecular weight is 248 g/mol. The maximum absolute atomic E-state index is 13.9. The molecule has 0 aliphatic heterocycles. The van der Waals surface area contributed by atoms with Gasteiger partial charge in [-0.15, -0.1) is 0 Å². The second-order valence-corrected chi connectivity index (χ2v) is 4.30. The normalized spacial score (nSPS) is 12.5. The Bertz CT molecular complexity index is 565. The van der Waals surface area contributed by atoms with Crippen LogP contribution in [-0.2, 0) is 0 Å². The summed E-state index contributed by atoms with van der Waals surface area (Å²) in [5.74, 6) is -1.23. The van der Waals surface area contributed by atoms with Crippen LogP contribution in [0.15, 0.2) is 30.5 Å². The smallest absolute Gasteiger partial charge is 0.134 e. The quantitative estimate of drug-likeness (QED) is 0.887. The first kappa shape index (κ1) is 12.6. The van der Waals surface area contributed by atoms with Gasteiger partial charge in [-0.3, -0.25) is 4.98 Å². The Morgan fingerprint density at radius 3 is 2.44 bits per heavy atom. The molecule has 1 heterocycles. The summed E-state index contributed by atoms with van der Waals surface area (Å²) in [7, 11) is 0. The van der Waals surface area contributed by atoms with Crippen LogP contribution >= 0.6 is 0 Å². The van der Waals surface area contributed by atoms with Crippen LogP contribution in [0.4, 0.5) is 8.78 Å². The molecule has 0 aliphatic rings. The first-order valence-electron chi connectivity index (χ1n) is 5.63. The van der Waals surface area contributed by atoms with Gasteiger partial charge in [-0.05, 0) is 37.1 Å². The van der Waals surface area contributed by atoms with Crippen molar-refractivity contribution in [2.75, 3.05) is 0 Å². The average Bonchev–Trinajstić information content (AvgIpc) is 2.35. The van der Waals surface area contributed by atoms with E-state index < -0.39 is 17.7 Å². The molecule has 0 aliphatic carbocycles. The van der Waals surface area contributed by atoms with Crippen molar-refractivity contribution in [1.29, 1.82) is 0 Å². The molecule has 2 aromatic rings. The molecule has 1 aromatic heterocycles. The van der Waals surface area contributed by atoms with Gasteiger partial charge in [-0.25, -0.2) is 8.78 Å². The molecule has 0 spiro atoms. The molecule has 1 aromatic carbocycles. The molecule has 0 bridgehead atoms. The number of aromatic nitrogens is 1. The van der Waals surface area contributed by atoms with Gasteiger partial charge < -0.3 is 5.73 Å². The van der Waals surface area contributed by atoms with Crippen molar-refractivity contribution in [2.24, 2.45) is 5.73 Å². The molecule has 2 nitrogen and oxygen atoms in total. The summed E-state index contributed by atoms with van der Waals surface area (Å²) in [6.07, 6.45) is 1.54. The van der Waals surface area contributed by atoms with Gasteiger partial charge in [0.1, 0.15) is 11.6 Å². The minimum absolute atomic E-state index is 0.111. The zero-order valence-corrected chi connectivity index (χ0v) is 10.2. The monoisotopic (exact) mass is 248 g/mol. The highest BCUT2D eigenvalue weighted by Gasteiger charge is 2.19. The predicted molar refractivity (Wildman–Crippen MR) is 66.1 cm³/mol. The Morgan fingerprint density at radius 2 is 1.83 bits per heavy atom. The summed E-state index contributed by atoms with van der Waals surface area (Å²) in [6, 6.07) is 5.27. The van der Waals surface area contributed by atoms with E-state index in [-0.39, 0.29) is 5.56 Å². The van der Waals surface area contributed by atoms with Crippen molar-refractivity contribution in [3.05, 3.63) is 64.5 Å². The van der Waals surface area contributed by atoms with Crippen molar-refractivity contribution in [3.63, 3.8) is 0 Å². The molecule has 4 heteroatoms. The number of benzene rings is 1. The van der Waals surface area contributed by atoms with Crippen LogP contribution in [0, 0.1) is 25.5 Å². The number of rotatable bonds is 2. The molecule has 0 saturated carbocycles. The van der Waals surface area contributed by atoms with Crippen molar-refractivity contribution < 1.29 is 8.78 Å². The zero-order chi connectivity index (χ0) is 13.3. The molecule has 2 N–H and O–H groups in total. The van der Waals surface area contributed by atoms with Gasteiger partial charge in [0.25, 0.3) is 0 Å². The van der Waals surface area contributed by atoms with E-state index >= 15 is 0 Å². The third-order valence-electron chi connectivity index (χ3n) is 2.92. The van der Waals surface area contributed by atoms with Crippen molar-refractivity contribution in [2.45, 2.75) is 19.9 Å². The second-order valence-electron chi connectivity index (χ2n) is 4.30. The van der Waals surface area contributed by atoms with Crippen LogP contribution in [-0.4, -0.2) is 4.98 Å². The highest BCUT2D eigenvalue weighted by molar-refractivity contribution is 5.35. The molecule has 0 fully saturated rings. The number of nitrogens with zero attached hydrogens (tertiary/aromatic N) is 1. The summed E-state index contributed by atoms with van der Waals surface area (Å²) in [4.78, 5) is 4.08. The standard InChI is InChI=1S/C14H14F2N2/c1-8-3-6-11(15)12(13(8)16)14(17)10-5-4-9(2)18-7-10/h3-7,14H,17H2,1-2H3. The van der Waals surface area contributed by atoms with Gasteiger partial charge >= 0.3 is 0 Å². The fourth-order valence-electron chi connectivity index (χ4n) is 1.79. The van der Waals surface area contributed by atoms with Gasteiger partial charge in [-0.1, -0.05) is 12.1 Å². The third kappa shape index (κ3) is 2.24. The second kappa shape index (κ2) is 4.82. The topological polar surface area (TPSA) is 38.9 Å². The number of hydrogen-bond donors (Lipinski definition) is 1. The lowest BCUT2D eigenvalue weighted by atomic mass is 9.98. The molecule has 94 valence electrons. The number of nitrogens with two attached hydrogens (primary N) is 1. The number of halogens is 2. The number of aryl methyl sites for hydroxylation is 2. The lowest BCUT2D eigenvalue weighted by Crippen LogP contribution is -2.16. The Balaban J connectivity index is 2.49. The van der Waals surface area contributed by atoms with E-state index in [1.54, 1.807) is 25.3 Å². The molecule has 1 unspecified atom stereocenters. The molecule has 0 amide bonds. The van der Waals surface area contributed by atoms with Gasteiger partial charge in [0, 0.05) is 17.5 Å². The van der Waals surface area contributed by atoms with E-state index in [4.69, 9.17) is 5.73 Å². The zero-order valence-electron chi connectivity index (χ0n) is 10.2. The summed E-state index contributed by atoms with van der Waals surface area (Å²) in [5.41, 5.74) is 7.60. The van der Waals surface area contributed by atoms with Crippen LogP contribution in [0.5, 0.6) is 0 Å². The molecule has 1 atom stereocenters. The van der Waals surface area contributed by atoms with Gasteiger partial charge in [-0.2, -0.15) is 0 Å². The maximum atomic E-state index is 13.9. The van der Waals surface area contributed by atoms with E-state index in [1.165, 1.54) is 12.1 Å². The highest BCUT2D eigenvalue weighted by Crippen LogP contribution is 2.26. The third-order valence-corrected chi connectivity index (χ3v) is 2.92. The summed E-state index contributed by atoms with van der Waals surface area (Å²) >= 11 is 0. The molecule has 18 heavy (non-hydrogen) atoms. The molecule has 0 saturated heterocycles. The van der Waals surface area contributed by atoms with Gasteiger partial charge in [0.2, 0.25) is 0 Å². The van der Waals surface area contributed by atoms with Crippen molar-refractivity contribution >= 4 is 0 Å². The molecule has 2 rings (SSSR count). The SMILES string of the molecule is Cc1ccc(C(N)c2c(F)ccc(C)c2F)cn1. The lowest BCUT2D eigenvalue weighted by molar-refractivity contribution is 0.538. The Morgan fingerprint density at radius 1 is 1.11 bits per heavy atom. The van der Waals surface area contributed by atoms with E-state index in [0.29, 0.717) is 11.1 Å². The lowest BCUT2D eigenvalue weighted by Gasteiger charge is -2.15. The fraction of sp³-hybridized carbons (Fsp3) is 0.214. The minimum atomic E-state index is -0.849. The highest BCUT2D eigenvalue weighted by atomic mass is 19.1. The number of hydrogen-bond acceptors (Lipinski definition) is 2. The van der Waals surface area contributed by atoms with Crippen LogP contribution in [0.3, 0.4) is 0 Å². The summed E-state index contributed by atoms with van der Waals surface area (Å²) in [6.45, 7) is 3.42. The molecular weight excluding hydrogens is 234 g/mol. The molecule has 0 radical (unpaired) electrons. The first-order valence-corrected chi connectivity index (χ1v) is 5.63. The Labute approximate surface area is 104 Å². The number of pyridine rings is 1. The minimum Gasteiger partial charge on any atom is -0.320 e. The van der Waals surface area contributed by atoms with Crippen LogP contribution < -0.4 is 5.73 Å². The van der Waals surface area contributed by atoms with E-state index in [9.17, 15) is 8.78 Å².